The molecule has 0 bridgehead atoms. The van der Waals surface area contributed by atoms with E-state index in [4.69, 9.17) is 5.11 Å². The highest BCUT2D eigenvalue weighted by Crippen LogP contribution is 2.15. The van der Waals surface area contributed by atoms with Gasteiger partial charge < -0.3 is 10.0 Å². The zero-order chi connectivity index (χ0) is 12.8. The number of hydrogen-bond acceptors (Lipinski definition) is 3. The molecule has 0 saturated carbocycles. The van der Waals surface area contributed by atoms with Crippen molar-refractivity contribution in [2.75, 3.05) is 20.2 Å². The lowest BCUT2D eigenvalue weighted by atomic mass is 10.2. The van der Waals surface area contributed by atoms with Crippen LogP contribution in [0.15, 0.2) is 11.4 Å². The second-order valence-corrected chi connectivity index (χ2v) is 5.15. The van der Waals surface area contributed by atoms with Crippen molar-refractivity contribution < 1.29 is 9.90 Å². The molecule has 0 unspecified atom stereocenters. The Bertz CT molecular complexity index is 440. The number of amides is 1. The first-order chi connectivity index (χ1) is 8.04. The smallest absolute Gasteiger partial charge is 0.254 e. The molecular weight excluding hydrogens is 234 g/mol. The van der Waals surface area contributed by atoms with Gasteiger partial charge in [-0.25, -0.2) is 0 Å². The maximum absolute atomic E-state index is 12.0. The third-order valence-corrected chi connectivity index (χ3v) is 2.97. The first-order valence-electron chi connectivity index (χ1n) is 5.48. The molecule has 3 nitrogen and oxygen atoms in total. The van der Waals surface area contributed by atoms with E-state index in [0.717, 1.165) is 11.4 Å². The molecule has 0 aliphatic carbocycles. The maximum atomic E-state index is 12.0. The number of aliphatic hydroxyl groups excluding tert-OH is 1. The number of thiophene rings is 1. The molecular formula is C13H17NO2S. The minimum absolute atomic E-state index is 0.0204. The van der Waals surface area contributed by atoms with Crippen molar-refractivity contribution >= 4 is 17.2 Å². The van der Waals surface area contributed by atoms with Crippen LogP contribution in [0.5, 0.6) is 0 Å². The van der Waals surface area contributed by atoms with Gasteiger partial charge >= 0.3 is 0 Å². The highest BCUT2D eigenvalue weighted by Gasteiger charge is 2.13. The van der Waals surface area contributed by atoms with Crippen molar-refractivity contribution in [3.8, 4) is 11.8 Å². The van der Waals surface area contributed by atoms with Crippen LogP contribution < -0.4 is 0 Å². The summed E-state index contributed by atoms with van der Waals surface area (Å²) in [6.45, 7) is 4.74. The molecule has 0 saturated heterocycles. The lowest BCUT2D eigenvalue weighted by Crippen LogP contribution is -2.29. The van der Waals surface area contributed by atoms with E-state index in [1.807, 2.05) is 0 Å². The zero-order valence-electron chi connectivity index (χ0n) is 10.4. The summed E-state index contributed by atoms with van der Waals surface area (Å²) in [6.07, 6.45) is 0. The van der Waals surface area contributed by atoms with Gasteiger partial charge in [0.25, 0.3) is 5.91 Å². The van der Waals surface area contributed by atoms with Crippen LogP contribution in [0.3, 0.4) is 0 Å². The Labute approximate surface area is 106 Å². The van der Waals surface area contributed by atoms with Crippen molar-refractivity contribution in [3.05, 3.63) is 21.9 Å². The van der Waals surface area contributed by atoms with Crippen molar-refractivity contribution in [1.82, 2.24) is 4.90 Å². The minimum atomic E-state index is -0.158. The molecule has 1 aromatic heterocycles. The molecule has 0 aliphatic rings. The molecule has 1 amide bonds. The Morgan fingerprint density at radius 2 is 2.29 bits per heavy atom. The fourth-order valence-electron chi connectivity index (χ4n) is 1.49. The predicted octanol–water partition coefficient (Wildman–Crippen LogP) is 1.82. The van der Waals surface area contributed by atoms with E-state index in [0.29, 0.717) is 11.5 Å². The van der Waals surface area contributed by atoms with Crippen molar-refractivity contribution in [1.29, 1.82) is 0 Å². The summed E-state index contributed by atoms with van der Waals surface area (Å²) in [5.41, 5.74) is 0.667. The predicted molar refractivity (Wildman–Crippen MR) is 70.1 cm³/mol. The lowest BCUT2D eigenvalue weighted by molar-refractivity contribution is 0.0779. The van der Waals surface area contributed by atoms with Gasteiger partial charge in [0.2, 0.25) is 0 Å². The van der Waals surface area contributed by atoms with Gasteiger partial charge in [0.1, 0.15) is 6.61 Å². The van der Waals surface area contributed by atoms with Gasteiger partial charge in [-0.2, -0.15) is 0 Å². The number of aliphatic hydroxyl groups is 1. The summed E-state index contributed by atoms with van der Waals surface area (Å²) in [4.78, 5) is 14.5. The fraction of sp³-hybridized carbons (Fsp3) is 0.462. The normalized spacial score (nSPS) is 9.94. The van der Waals surface area contributed by atoms with Gasteiger partial charge in [-0.1, -0.05) is 25.7 Å². The second-order valence-electron chi connectivity index (χ2n) is 4.24. The van der Waals surface area contributed by atoms with Crippen LogP contribution in [-0.4, -0.2) is 36.1 Å². The maximum Gasteiger partial charge on any atom is 0.254 e. The third kappa shape index (κ3) is 4.22. The summed E-state index contributed by atoms with van der Waals surface area (Å²) in [5.74, 6) is 5.84. The molecule has 1 aromatic rings. The highest BCUT2D eigenvalue weighted by atomic mass is 32.1. The number of hydrogen-bond donors (Lipinski definition) is 1. The van der Waals surface area contributed by atoms with Crippen LogP contribution in [0.1, 0.15) is 29.1 Å². The Hall–Kier alpha value is -1.31. The largest absolute Gasteiger partial charge is 0.384 e. The van der Waals surface area contributed by atoms with Gasteiger partial charge in [-0.15, -0.1) is 11.3 Å². The van der Waals surface area contributed by atoms with Gasteiger partial charge in [0, 0.05) is 19.0 Å². The average molecular weight is 251 g/mol. The SMILES string of the molecule is CC(C)CN(C)C(=O)c1csc(C#CCO)c1. The number of rotatable bonds is 3. The van der Waals surface area contributed by atoms with Gasteiger partial charge in [0.05, 0.1) is 10.4 Å². The van der Waals surface area contributed by atoms with Gasteiger partial charge in [-0.05, 0) is 12.0 Å². The molecule has 0 aromatic carbocycles. The third-order valence-electron chi connectivity index (χ3n) is 2.12. The molecule has 4 heteroatoms. The number of nitrogens with zero attached hydrogens (tertiary/aromatic N) is 1. The van der Waals surface area contributed by atoms with Crippen molar-refractivity contribution in [3.63, 3.8) is 0 Å². The van der Waals surface area contributed by atoms with E-state index in [2.05, 4.69) is 25.7 Å². The quantitative estimate of drug-likeness (QED) is 0.832. The summed E-state index contributed by atoms with van der Waals surface area (Å²) < 4.78 is 0. The molecule has 0 fully saturated rings. The van der Waals surface area contributed by atoms with Crippen LogP contribution in [0.4, 0.5) is 0 Å². The summed E-state index contributed by atoms with van der Waals surface area (Å²) >= 11 is 1.42. The highest BCUT2D eigenvalue weighted by molar-refractivity contribution is 7.10. The fourth-order valence-corrected chi connectivity index (χ4v) is 2.24. The minimum Gasteiger partial charge on any atom is -0.384 e. The molecule has 1 heterocycles. The standard InChI is InChI=1S/C13H17NO2S/c1-10(2)8-14(3)13(16)11-7-12(17-9-11)5-4-6-15/h7,9-10,15H,6,8H2,1-3H3. The summed E-state index contributed by atoms with van der Waals surface area (Å²) in [5, 5.41) is 10.4. The summed E-state index contributed by atoms with van der Waals surface area (Å²) in [7, 11) is 1.80. The molecule has 0 spiro atoms. The van der Waals surface area contributed by atoms with Crippen LogP contribution in [-0.2, 0) is 0 Å². The Morgan fingerprint density at radius 1 is 1.59 bits per heavy atom. The van der Waals surface area contributed by atoms with Crippen LogP contribution in [0.2, 0.25) is 0 Å². The Morgan fingerprint density at radius 3 is 2.88 bits per heavy atom. The number of carbonyl (C=O) groups is 1. The van der Waals surface area contributed by atoms with E-state index in [1.165, 1.54) is 11.3 Å². The Balaban J connectivity index is 2.72. The van der Waals surface area contributed by atoms with Crippen molar-refractivity contribution in [2.45, 2.75) is 13.8 Å². The molecule has 92 valence electrons. The summed E-state index contributed by atoms with van der Waals surface area (Å²) in [6, 6.07) is 1.77. The van der Waals surface area contributed by atoms with E-state index in [9.17, 15) is 4.79 Å². The first-order valence-corrected chi connectivity index (χ1v) is 6.36. The first kappa shape index (κ1) is 13.8. The number of carbonyl (C=O) groups excluding carboxylic acids is 1. The van der Waals surface area contributed by atoms with Gasteiger partial charge in [0.15, 0.2) is 0 Å². The zero-order valence-corrected chi connectivity index (χ0v) is 11.2. The monoisotopic (exact) mass is 251 g/mol. The van der Waals surface area contributed by atoms with E-state index >= 15 is 0 Å². The average Bonchev–Trinajstić information content (AvgIpc) is 2.72. The van der Waals surface area contributed by atoms with Crippen LogP contribution in [0, 0.1) is 17.8 Å². The van der Waals surface area contributed by atoms with Crippen LogP contribution >= 0.6 is 11.3 Å². The lowest BCUT2D eigenvalue weighted by Gasteiger charge is -2.18. The topological polar surface area (TPSA) is 40.5 Å². The van der Waals surface area contributed by atoms with Crippen molar-refractivity contribution in [2.24, 2.45) is 5.92 Å². The molecule has 0 atom stereocenters. The van der Waals surface area contributed by atoms with E-state index in [1.54, 1.807) is 23.4 Å². The molecule has 17 heavy (non-hydrogen) atoms. The van der Waals surface area contributed by atoms with Gasteiger partial charge in [-0.3, -0.25) is 4.79 Å². The van der Waals surface area contributed by atoms with E-state index < -0.39 is 0 Å². The second kappa shape index (κ2) is 6.43. The molecule has 0 aliphatic heterocycles. The molecule has 0 radical (unpaired) electrons. The van der Waals surface area contributed by atoms with Crippen LogP contribution in [0.25, 0.3) is 0 Å². The van der Waals surface area contributed by atoms with E-state index in [-0.39, 0.29) is 12.5 Å². The molecule has 1 N–H and O–H groups in total. The Kier molecular flexibility index (Phi) is 5.20. The molecule has 1 rings (SSSR count).